The summed E-state index contributed by atoms with van der Waals surface area (Å²) >= 11 is 0. The summed E-state index contributed by atoms with van der Waals surface area (Å²) in [6.07, 6.45) is 19.4. The number of aliphatic imine (C=N–C) groups is 1. The lowest BCUT2D eigenvalue weighted by atomic mass is 9.80. The van der Waals surface area contributed by atoms with Crippen LogP contribution in [0.15, 0.2) is 77.0 Å². The molecule has 1 nitrogen and oxygen atoms in total. The Labute approximate surface area is 141 Å². The van der Waals surface area contributed by atoms with Gasteiger partial charge in [0.05, 0.1) is 11.4 Å². The van der Waals surface area contributed by atoms with Crippen LogP contribution in [0.3, 0.4) is 0 Å². The van der Waals surface area contributed by atoms with Gasteiger partial charge in [-0.1, -0.05) is 56.9 Å². The normalized spacial score (nSPS) is 29.0. The van der Waals surface area contributed by atoms with Gasteiger partial charge in [-0.2, -0.15) is 0 Å². The molecule has 0 spiro atoms. The molecule has 0 bridgehead atoms. The van der Waals surface area contributed by atoms with Gasteiger partial charge in [0.2, 0.25) is 0 Å². The number of nitrogens with zero attached hydrogens (tertiary/aromatic N) is 1. The molecular formula is C22H29N. The van der Waals surface area contributed by atoms with Crippen LogP contribution in [0.2, 0.25) is 0 Å². The molecule has 3 unspecified atom stereocenters. The molecule has 1 aliphatic heterocycles. The summed E-state index contributed by atoms with van der Waals surface area (Å²) in [4.78, 5) is 5.01. The fraction of sp³-hybridized carbons (Fsp3) is 0.409. The summed E-state index contributed by atoms with van der Waals surface area (Å²) in [6, 6.07) is 0. The molecule has 1 heteroatoms. The molecule has 0 aromatic heterocycles. The first-order valence-corrected chi connectivity index (χ1v) is 8.65. The molecule has 0 amide bonds. The van der Waals surface area contributed by atoms with Crippen LogP contribution in [0.4, 0.5) is 0 Å². The quantitative estimate of drug-likeness (QED) is 0.435. The van der Waals surface area contributed by atoms with E-state index in [1.807, 2.05) is 12.2 Å². The van der Waals surface area contributed by atoms with Crippen LogP contribution in [0, 0.1) is 17.8 Å². The molecule has 1 aliphatic carbocycles. The van der Waals surface area contributed by atoms with Gasteiger partial charge < -0.3 is 0 Å². The molecule has 0 saturated heterocycles. The van der Waals surface area contributed by atoms with Crippen LogP contribution in [0.1, 0.15) is 40.5 Å². The minimum Gasteiger partial charge on any atom is -0.249 e. The minimum absolute atomic E-state index is 0.429. The molecule has 1 heterocycles. The van der Waals surface area contributed by atoms with Crippen molar-refractivity contribution in [3.05, 3.63) is 72.0 Å². The van der Waals surface area contributed by atoms with Crippen molar-refractivity contribution in [2.45, 2.75) is 40.5 Å². The third-order valence-corrected chi connectivity index (χ3v) is 4.69. The van der Waals surface area contributed by atoms with Crippen molar-refractivity contribution in [1.29, 1.82) is 0 Å². The third kappa shape index (κ3) is 4.31. The number of allylic oxidation sites excluding steroid dienone is 10. The van der Waals surface area contributed by atoms with Crippen molar-refractivity contribution in [3.8, 4) is 0 Å². The molecule has 0 aromatic rings. The van der Waals surface area contributed by atoms with Crippen LogP contribution in [0.5, 0.6) is 0 Å². The van der Waals surface area contributed by atoms with Crippen LogP contribution in [-0.2, 0) is 0 Å². The highest BCUT2D eigenvalue weighted by atomic mass is 14.8. The molecule has 3 atom stereocenters. The molecule has 0 saturated carbocycles. The van der Waals surface area contributed by atoms with E-state index < -0.39 is 0 Å². The zero-order chi connectivity index (χ0) is 16.8. The van der Waals surface area contributed by atoms with Gasteiger partial charge in [-0.05, 0) is 61.8 Å². The molecule has 122 valence electrons. The topological polar surface area (TPSA) is 12.4 Å². The fourth-order valence-corrected chi connectivity index (χ4v) is 3.44. The van der Waals surface area contributed by atoms with Gasteiger partial charge in [-0.15, -0.1) is 0 Å². The summed E-state index contributed by atoms with van der Waals surface area (Å²) in [6.45, 7) is 12.7. The van der Waals surface area contributed by atoms with Gasteiger partial charge in [0.1, 0.15) is 0 Å². The van der Waals surface area contributed by atoms with Crippen molar-refractivity contribution in [1.82, 2.24) is 0 Å². The van der Waals surface area contributed by atoms with Gasteiger partial charge in [0, 0.05) is 5.92 Å². The van der Waals surface area contributed by atoms with E-state index in [9.17, 15) is 0 Å². The number of rotatable bonds is 3. The highest BCUT2D eigenvalue weighted by Gasteiger charge is 2.24. The standard InChI is InChI=1S/C22H29N/c1-6-8-12-21-18(5)20(10-7-2)17(4)15-19-14-16(3)11-9-13-22(19)23-21/h6-10,12-14,16-17,20H,1,11,15H2,2-5H3/b10-7?,12-8-,21-18?,23-22?. The lowest BCUT2D eigenvalue weighted by molar-refractivity contribution is 0.474. The highest BCUT2D eigenvalue weighted by molar-refractivity contribution is 6.09. The first-order chi connectivity index (χ1) is 11.1. The predicted molar refractivity (Wildman–Crippen MR) is 103 cm³/mol. The van der Waals surface area contributed by atoms with Crippen molar-refractivity contribution in [2.24, 2.45) is 22.7 Å². The maximum atomic E-state index is 5.01. The predicted octanol–water partition coefficient (Wildman–Crippen LogP) is 6.20. The molecule has 2 rings (SSSR count). The molecule has 0 fully saturated rings. The van der Waals surface area contributed by atoms with Crippen molar-refractivity contribution in [3.63, 3.8) is 0 Å². The fourth-order valence-electron chi connectivity index (χ4n) is 3.44. The average Bonchev–Trinajstić information content (AvgIpc) is 2.68. The molecule has 23 heavy (non-hydrogen) atoms. The average molecular weight is 307 g/mol. The molecule has 2 aliphatic rings. The second kappa shape index (κ2) is 8.10. The summed E-state index contributed by atoms with van der Waals surface area (Å²) < 4.78 is 0. The maximum Gasteiger partial charge on any atom is 0.0662 e. The van der Waals surface area contributed by atoms with E-state index in [-0.39, 0.29) is 0 Å². The summed E-state index contributed by atoms with van der Waals surface area (Å²) in [5, 5.41) is 0. The van der Waals surface area contributed by atoms with Gasteiger partial charge >= 0.3 is 0 Å². The lowest BCUT2D eigenvalue weighted by Gasteiger charge is -2.27. The van der Waals surface area contributed by atoms with E-state index >= 15 is 0 Å². The number of hydrogen-bond acceptors (Lipinski definition) is 1. The van der Waals surface area contributed by atoms with Crippen molar-refractivity contribution >= 4 is 5.71 Å². The zero-order valence-corrected chi connectivity index (χ0v) is 14.9. The van der Waals surface area contributed by atoms with E-state index in [0.717, 1.165) is 24.3 Å². The van der Waals surface area contributed by atoms with Crippen molar-refractivity contribution < 1.29 is 0 Å². The Hall–Kier alpha value is -1.89. The Morgan fingerprint density at radius 3 is 2.78 bits per heavy atom. The van der Waals surface area contributed by atoms with Gasteiger partial charge in [0.25, 0.3) is 0 Å². The SMILES string of the molecule is C=C/C=C\C1=C(C)C(C=CC)C(C)CC2=CC(C)CC=CC2=N1. The van der Waals surface area contributed by atoms with E-state index in [0.29, 0.717) is 17.8 Å². The summed E-state index contributed by atoms with van der Waals surface area (Å²) in [5.41, 5.74) is 4.93. The highest BCUT2D eigenvalue weighted by Crippen LogP contribution is 2.34. The van der Waals surface area contributed by atoms with E-state index in [2.05, 4.69) is 70.7 Å². The van der Waals surface area contributed by atoms with Crippen molar-refractivity contribution in [2.75, 3.05) is 0 Å². The Balaban J connectivity index is 2.61. The Bertz CT molecular complexity index is 622. The largest absolute Gasteiger partial charge is 0.249 e. The molecule has 0 N–H and O–H groups in total. The smallest absolute Gasteiger partial charge is 0.0662 e. The van der Waals surface area contributed by atoms with Crippen LogP contribution >= 0.6 is 0 Å². The second-order valence-electron chi connectivity index (χ2n) is 6.70. The maximum absolute atomic E-state index is 5.01. The Morgan fingerprint density at radius 2 is 2.09 bits per heavy atom. The third-order valence-electron chi connectivity index (χ3n) is 4.69. The molecule has 0 aromatic carbocycles. The first-order valence-electron chi connectivity index (χ1n) is 8.65. The van der Waals surface area contributed by atoms with Gasteiger partial charge in [-0.25, -0.2) is 4.99 Å². The zero-order valence-electron chi connectivity index (χ0n) is 14.9. The number of hydrogen-bond donors (Lipinski definition) is 0. The van der Waals surface area contributed by atoms with E-state index in [4.69, 9.17) is 4.99 Å². The van der Waals surface area contributed by atoms with Gasteiger partial charge in [0.15, 0.2) is 0 Å². The summed E-state index contributed by atoms with van der Waals surface area (Å²) in [5.74, 6) is 1.57. The number of fused-ring (bicyclic) bond motifs is 1. The monoisotopic (exact) mass is 307 g/mol. The Kier molecular flexibility index (Phi) is 6.15. The lowest BCUT2D eigenvalue weighted by Crippen LogP contribution is -2.18. The summed E-state index contributed by atoms with van der Waals surface area (Å²) in [7, 11) is 0. The molecular weight excluding hydrogens is 278 g/mol. The van der Waals surface area contributed by atoms with Crippen LogP contribution in [0.25, 0.3) is 0 Å². The van der Waals surface area contributed by atoms with E-state index in [1.165, 1.54) is 11.1 Å². The van der Waals surface area contributed by atoms with Crippen LogP contribution < -0.4 is 0 Å². The second-order valence-corrected chi connectivity index (χ2v) is 6.70. The van der Waals surface area contributed by atoms with Crippen LogP contribution in [-0.4, -0.2) is 5.71 Å². The van der Waals surface area contributed by atoms with E-state index in [1.54, 1.807) is 0 Å². The Morgan fingerprint density at radius 1 is 1.30 bits per heavy atom. The molecule has 0 radical (unpaired) electrons. The van der Waals surface area contributed by atoms with Gasteiger partial charge in [-0.3, -0.25) is 0 Å². The minimum atomic E-state index is 0.429. The first kappa shape index (κ1) is 17.5.